The number of pyridine rings is 1. The zero-order chi connectivity index (χ0) is 13.9. The van der Waals surface area contributed by atoms with Gasteiger partial charge in [0.2, 0.25) is 0 Å². The first-order chi connectivity index (χ1) is 8.33. The van der Waals surface area contributed by atoms with Crippen LogP contribution in [0.25, 0.3) is 0 Å². The van der Waals surface area contributed by atoms with Gasteiger partial charge in [-0.25, -0.2) is 9.78 Å². The Labute approximate surface area is 108 Å². The quantitative estimate of drug-likeness (QED) is 0.830. The number of ether oxygens (including phenoxy) is 1. The van der Waals surface area contributed by atoms with Crippen LogP contribution in [0.5, 0.6) is 0 Å². The van der Waals surface area contributed by atoms with Crippen LogP contribution in [0.1, 0.15) is 37.6 Å². The molecule has 1 rings (SSSR count). The molecule has 0 saturated heterocycles. The average molecular weight is 251 g/mol. The summed E-state index contributed by atoms with van der Waals surface area (Å²) in [5, 5.41) is 0. The van der Waals surface area contributed by atoms with Crippen molar-refractivity contribution < 1.29 is 9.53 Å². The Morgan fingerprint density at radius 3 is 2.67 bits per heavy atom. The molecule has 1 aromatic rings. The number of hydrogen-bond acceptors (Lipinski definition) is 5. The van der Waals surface area contributed by atoms with Crippen molar-refractivity contribution in [3.05, 3.63) is 17.8 Å². The van der Waals surface area contributed by atoms with Crippen LogP contribution in [-0.2, 0) is 4.74 Å². The first-order valence-corrected chi connectivity index (χ1v) is 5.91. The number of methoxy groups -OCH3 is 1. The number of carbonyl (C=O) groups is 1. The lowest BCUT2D eigenvalue weighted by Gasteiger charge is -2.37. The van der Waals surface area contributed by atoms with Crippen molar-refractivity contribution >= 4 is 17.5 Å². The largest absolute Gasteiger partial charge is 0.465 e. The third-order valence-electron chi connectivity index (χ3n) is 3.44. The molecule has 0 radical (unpaired) electrons. The summed E-state index contributed by atoms with van der Waals surface area (Å²) < 4.78 is 4.78. The minimum atomic E-state index is -0.405. The van der Waals surface area contributed by atoms with Gasteiger partial charge in [0.1, 0.15) is 5.82 Å². The van der Waals surface area contributed by atoms with Gasteiger partial charge in [-0.05, 0) is 26.3 Å². The van der Waals surface area contributed by atoms with E-state index < -0.39 is 5.97 Å². The number of aromatic nitrogens is 1. The first-order valence-electron chi connectivity index (χ1n) is 5.91. The monoisotopic (exact) mass is 251 g/mol. The van der Waals surface area contributed by atoms with Gasteiger partial charge in [-0.2, -0.15) is 0 Å². The van der Waals surface area contributed by atoms with Crippen LogP contribution < -0.4 is 10.6 Å². The zero-order valence-corrected chi connectivity index (χ0v) is 11.7. The Hall–Kier alpha value is -1.78. The van der Waals surface area contributed by atoms with E-state index in [4.69, 9.17) is 10.5 Å². The van der Waals surface area contributed by atoms with E-state index in [2.05, 4.69) is 25.8 Å². The van der Waals surface area contributed by atoms with Gasteiger partial charge in [0.25, 0.3) is 0 Å². The highest BCUT2D eigenvalue weighted by atomic mass is 16.5. The van der Waals surface area contributed by atoms with Gasteiger partial charge in [-0.1, -0.05) is 6.92 Å². The van der Waals surface area contributed by atoms with Crippen molar-refractivity contribution in [2.45, 2.75) is 32.7 Å². The second-order valence-electron chi connectivity index (χ2n) is 4.84. The lowest BCUT2D eigenvalue weighted by atomic mass is 9.98. The molecule has 0 fully saturated rings. The fourth-order valence-corrected chi connectivity index (χ4v) is 1.57. The first kappa shape index (κ1) is 14.3. The fourth-order valence-electron chi connectivity index (χ4n) is 1.57. The van der Waals surface area contributed by atoms with E-state index in [1.165, 1.54) is 7.11 Å². The number of nitrogen functional groups attached to an aromatic ring is 1. The highest BCUT2D eigenvalue weighted by molar-refractivity contribution is 5.96. The molecule has 1 aromatic heterocycles. The molecule has 0 bridgehead atoms. The molecule has 0 aromatic carbocycles. The maximum Gasteiger partial charge on any atom is 0.340 e. The zero-order valence-electron chi connectivity index (χ0n) is 11.7. The van der Waals surface area contributed by atoms with Crippen LogP contribution >= 0.6 is 0 Å². The predicted octanol–water partition coefficient (Wildman–Crippen LogP) is 2.08. The highest BCUT2D eigenvalue weighted by Crippen LogP contribution is 2.28. The maximum atomic E-state index is 11.8. The van der Waals surface area contributed by atoms with E-state index in [0.717, 1.165) is 12.1 Å². The minimum absolute atomic E-state index is 0.0828. The summed E-state index contributed by atoms with van der Waals surface area (Å²) in [5.74, 6) is -0.0975. The third-order valence-corrected chi connectivity index (χ3v) is 3.44. The molecule has 18 heavy (non-hydrogen) atoms. The van der Waals surface area contributed by atoms with E-state index in [9.17, 15) is 4.79 Å². The number of anilines is 2. The van der Waals surface area contributed by atoms with Crippen molar-refractivity contribution in [1.82, 2.24) is 4.98 Å². The van der Waals surface area contributed by atoms with Crippen LogP contribution in [0.4, 0.5) is 11.5 Å². The maximum absolute atomic E-state index is 11.8. The summed E-state index contributed by atoms with van der Waals surface area (Å²) in [5.41, 5.74) is 6.71. The number of carbonyl (C=O) groups excluding carboxylic acids is 1. The number of rotatable bonds is 4. The Bertz CT molecular complexity index is 444. The van der Waals surface area contributed by atoms with Gasteiger partial charge < -0.3 is 15.4 Å². The van der Waals surface area contributed by atoms with Crippen LogP contribution in [-0.4, -0.2) is 30.6 Å². The smallest absolute Gasteiger partial charge is 0.340 e. The van der Waals surface area contributed by atoms with E-state index in [1.54, 1.807) is 12.3 Å². The van der Waals surface area contributed by atoms with Crippen molar-refractivity contribution in [1.29, 1.82) is 0 Å². The standard InChI is InChI=1S/C13H21N3O2/c1-6-13(2,3)16(4)10-8-15-11(14)7-9(10)12(17)18-5/h7-8H,6H2,1-5H3,(H2,14,15). The molecular weight excluding hydrogens is 230 g/mol. The molecule has 0 amide bonds. The van der Waals surface area contributed by atoms with Crippen LogP contribution in [0, 0.1) is 0 Å². The van der Waals surface area contributed by atoms with Crippen molar-refractivity contribution in [2.75, 3.05) is 24.8 Å². The highest BCUT2D eigenvalue weighted by Gasteiger charge is 2.26. The molecular formula is C13H21N3O2. The van der Waals surface area contributed by atoms with Gasteiger partial charge in [0, 0.05) is 12.6 Å². The van der Waals surface area contributed by atoms with Crippen molar-refractivity contribution in [3.63, 3.8) is 0 Å². The number of esters is 1. The van der Waals surface area contributed by atoms with Gasteiger partial charge in [0.05, 0.1) is 24.6 Å². The molecule has 2 N–H and O–H groups in total. The van der Waals surface area contributed by atoms with E-state index in [1.807, 2.05) is 11.9 Å². The molecule has 0 aliphatic carbocycles. The molecule has 0 aliphatic rings. The molecule has 1 heterocycles. The molecule has 100 valence electrons. The lowest BCUT2D eigenvalue weighted by Crippen LogP contribution is -2.41. The summed E-state index contributed by atoms with van der Waals surface area (Å²) >= 11 is 0. The molecule has 0 atom stereocenters. The molecule has 0 saturated carbocycles. The summed E-state index contributed by atoms with van der Waals surface area (Å²) in [6, 6.07) is 1.55. The number of nitrogens with zero attached hydrogens (tertiary/aromatic N) is 2. The van der Waals surface area contributed by atoms with Crippen LogP contribution in [0.2, 0.25) is 0 Å². The predicted molar refractivity (Wildman–Crippen MR) is 72.8 cm³/mol. The topological polar surface area (TPSA) is 68.5 Å². The Morgan fingerprint density at radius 2 is 2.17 bits per heavy atom. The third kappa shape index (κ3) is 2.72. The summed E-state index contributed by atoms with van der Waals surface area (Å²) in [6.07, 6.45) is 2.55. The van der Waals surface area contributed by atoms with Crippen LogP contribution in [0.15, 0.2) is 12.3 Å². The minimum Gasteiger partial charge on any atom is -0.465 e. The number of hydrogen-bond donors (Lipinski definition) is 1. The molecule has 0 spiro atoms. The van der Waals surface area contributed by atoms with Gasteiger partial charge in [-0.3, -0.25) is 0 Å². The van der Waals surface area contributed by atoms with E-state index in [0.29, 0.717) is 11.4 Å². The second-order valence-corrected chi connectivity index (χ2v) is 4.84. The SMILES string of the molecule is CCC(C)(C)N(C)c1cnc(N)cc1C(=O)OC. The Morgan fingerprint density at radius 1 is 1.56 bits per heavy atom. The molecule has 0 unspecified atom stereocenters. The van der Waals surface area contributed by atoms with Gasteiger partial charge >= 0.3 is 5.97 Å². The Kier molecular flexibility index (Phi) is 4.16. The Balaban J connectivity index is 3.28. The summed E-state index contributed by atoms with van der Waals surface area (Å²) in [6.45, 7) is 6.30. The van der Waals surface area contributed by atoms with E-state index in [-0.39, 0.29) is 5.54 Å². The van der Waals surface area contributed by atoms with Crippen molar-refractivity contribution in [2.24, 2.45) is 0 Å². The van der Waals surface area contributed by atoms with Crippen LogP contribution in [0.3, 0.4) is 0 Å². The molecule has 5 nitrogen and oxygen atoms in total. The fraction of sp³-hybridized carbons (Fsp3) is 0.538. The number of nitrogens with two attached hydrogens (primary N) is 1. The van der Waals surface area contributed by atoms with Crippen molar-refractivity contribution in [3.8, 4) is 0 Å². The van der Waals surface area contributed by atoms with Gasteiger partial charge in [-0.15, -0.1) is 0 Å². The molecule has 5 heteroatoms. The van der Waals surface area contributed by atoms with E-state index >= 15 is 0 Å². The summed E-state index contributed by atoms with van der Waals surface area (Å²) in [4.78, 5) is 17.8. The molecule has 0 aliphatic heterocycles. The van der Waals surface area contributed by atoms with Gasteiger partial charge in [0.15, 0.2) is 0 Å². The lowest BCUT2D eigenvalue weighted by molar-refractivity contribution is 0.0601. The summed E-state index contributed by atoms with van der Waals surface area (Å²) in [7, 11) is 3.29. The normalized spacial score (nSPS) is 11.2. The second kappa shape index (κ2) is 5.25. The average Bonchev–Trinajstić information content (AvgIpc) is 2.36.